The van der Waals surface area contributed by atoms with Crippen LogP contribution in [0.5, 0.6) is 0 Å². The molecule has 2 amide bonds. The van der Waals surface area contributed by atoms with Crippen LogP contribution in [0.25, 0.3) is 0 Å². The number of allylic oxidation sites excluding steroid dienone is 1. The van der Waals surface area contributed by atoms with E-state index in [1.54, 1.807) is 38.8 Å². The molecule has 1 N–H and O–H groups in total. The lowest BCUT2D eigenvalue weighted by atomic mass is 9.88. The fourth-order valence-corrected chi connectivity index (χ4v) is 3.71. The highest BCUT2D eigenvalue weighted by Crippen LogP contribution is 2.26. The summed E-state index contributed by atoms with van der Waals surface area (Å²) in [6.07, 6.45) is 5.09. The number of carbonyl (C=O) groups excluding carboxylic acids is 3. The quantitative estimate of drug-likeness (QED) is 0.489. The average molecular weight is 425 g/mol. The van der Waals surface area contributed by atoms with Crippen molar-refractivity contribution in [3.05, 3.63) is 12.7 Å². The molecule has 1 fully saturated rings. The number of nitrogens with zero attached hydrogens (tertiary/aromatic N) is 1. The summed E-state index contributed by atoms with van der Waals surface area (Å²) in [5.74, 6) is -1.07. The number of alkyl carbamates (subject to hydrolysis) is 1. The van der Waals surface area contributed by atoms with E-state index < -0.39 is 29.2 Å². The number of rotatable bonds is 7. The molecule has 3 atom stereocenters. The molecule has 0 bridgehead atoms. The summed E-state index contributed by atoms with van der Waals surface area (Å²) in [4.78, 5) is 39.5. The fraction of sp³-hybridized carbons (Fsp3) is 0.783. The van der Waals surface area contributed by atoms with Gasteiger partial charge in [-0.1, -0.05) is 18.9 Å². The zero-order chi connectivity index (χ0) is 23.1. The van der Waals surface area contributed by atoms with E-state index in [1.807, 2.05) is 20.8 Å². The van der Waals surface area contributed by atoms with Crippen LogP contribution in [0, 0.1) is 5.92 Å². The van der Waals surface area contributed by atoms with Crippen molar-refractivity contribution in [1.29, 1.82) is 0 Å². The van der Waals surface area contributed by atoms with Crippen LogP contribution in [0.4, 0.5) is 4.79 Å². The van der Waals surface area contributed by atoms with Gasteiger partial charge in [0.05, 0.1) is 24.4 Å². The minimum Gasteiger partial charge on any atom is -0.460 e. The van der Waals surface area contributed by atoms with Crippen LogP contribution in [0.15, 0.2) is 12.7 Å². The summed E-state index contributed by atoms with van der Waals surface area (Å²) in [6.45, 7) is 14.6. The summed E-state index contributed by atoms with van der Waals surface area (Å²) >= 11 is 0. The Bertz CT molecular complexity index is 618. The average Bonchev–Trinajstić information content (AvgIpc) is 2.57. The van der Waals surface area contributed by atoms with E-state index in [0.29, 0.717) is 6.42 Å². The highest BCUT2D eigenvalue weighted by molar-refractivity contribution is 5.84. The summed E-state index contributed by atoms with van der Waals surface area (Å²) in [5.41, 5.74) is -1.19. The Morgan fingerprint density at radius 1 is 1.07 bits per heavy atom. The third-order valence-corrected chi connectivity index (χ3v) is 4.91. The van der Waals surface area contributed by atoms with Crippen LogP contribution in [0.2, 0.25) is 0 Å². The SMILES string of the molecule is C=CC[C@H](CC(=O)OC(C)(C)C)C(=O)N(C)[C@H]1CCCC[C@@H]1NC(=O)OC(C)(C)C. The minimum atomic E-state index is -0.601. The van der Waals surface area contributed by atoms with Crippen LogP contribution in [-0.2, 0) is 19.1 Å². The van der Waals surface area contributed by atoms with Crippen molar-refractivity contribution in [2.75, 3.05) is 7.05 Å². The van der Waals surface area contributed by atoms with Gasteiger partial charge in [0.25, 0.3) is 0 Å². The molecule has 1 rings (SSSR count). The van der Waals surface area contributed by atoms with E-state index in [-0.39, 0.29) is 24.4 Å². The normalized spacial score (nSPS) is 20.6. The molecule has 0 saturated heterocycles. The number of amides is 2. The second kappa shape index (κ2) is 10.8. The number of carbonyl (C=O) groups is 3. The molecule has 172 valence electrons. The van der Waals surface area contributed by atoms with Crippen molar-refractivity contribution in [2.24, 2.45) is 5.92 Å². The van der Waals surface area contributed by atoms with Crippen LogP contribution < -0.4 is 5.32 Å². The maximum absolute atomic E-state index is 13.2. The monoisotopic (exact) mass is 424 g/mol. The lowest BCUT2D eigenvalue weighted by molar-refractivity contribution is -0.158. The first-order valence-electron chi connectivity index (χ1n) is 10.8. The molecule has 0 aromatic carbocycles. The summed E-state index contributed by atoms with van der Waals surface area (Å²) < 4.78 is 10.8. The van der Waals surface area contributed by atoms with Gasteiger partial charge in [0, 0.05) is 7.05 Å². The van der Waals surface area contributed by atoms with Crippen molar-refractivity contribution < 1.29 is 23.9 Å². The minimum absolute atomic E-state index is 0.00332. The van der Waals surface area contributed by atoms with Gasteiger partial charge in [-0.15, -0.1) is 6.58 Å². The molecular weight excluding hydrogens is 384 g/mol. The van der Waals surface area contributed by atoms with Crippen molar-refractivity contribution in [3.8, 4) is 0 Å². The highest BCUT2D eigenvalue weighted by Gasteiger charge is 2.36. The van der Waals surface area contributed by atoms with Gasteiger partial charge >= 0.3 is 12.1 Å². The Balaban J connectivity index is 2.86. The summed E-state index contributed by atoms with van der Waals surface area (Å²) in [7, 11) is 1.74. The largest absolute Gasteiger partial charge is 0.460 e. The lowest BCUT2D eigenvalue weighted by Crippen LogP contribution is -2.55. The lowest BCUT2D eigenvalue weighted by Gasteiger charge is -2.39. The van der Waals surface area contributed by atoms with E-state index >= 15 is 0 Å². The van der Waals surface area contributed by atoms with Crippen LogP contribution in [-0.4, -0.2) is 53.2 Å². The Morgan fingerprint density at radius 3 is 2.17 bits per heavy atom. The maximum atomic E-state index is 13.2. The molecule has 0 spiro atoms. The third kappa shape index (κ3) is 9.18. The van der Waals surface area contributed by atoms with Crippen molar-refractivity contribution in [3.63, 3.8) is 0 Å². The Hall–Kier alpha value is -2.05. The number of ether oxygens (including phenoxy) is 2. The fourth-order valence-electron chi connectivity index (χ4n) is 3.71. The van der Waals surface area contributed by atoms with Gasteiger partial charge < -0.3 is 19.7 Å². The predicted octanol–water partition coefficient (Wildman–Crippen LogP) is 4.20. The molecule has 7 heteroatoms. The van der Waals surface area contributed by atoms with Gasteiger partial charge in [0.15, 0.2) is 0 Å². The Kier molecular flexibility index (Phi) is 9.37. The first-order chi connectivity index (χ1) is 13.7. The molecule has 30 heavy (non-hydrogen) atoms. The van der Waals surface area contributed by atoms with Crippen molar-refractivity contribution in [2.45, 2.75) is 103 Å². The Labute approximate surface area is 181 Å². The standard InChI is InChI=1S/C23H40N2O5/c1-9-12-16(15-19(26)29-22(2,3)4)20(27)25(8)18-14-11-10-13-17(18)24-21(28)30-23(5,6)7/h9,16-18H,1,10-15H2,2-8H3,(H,24,28)/t16-,17+,18+/m1/s1. The summed E-state index contributed by atoms with van der Waals surface area (Å²) in [5, 5.41) is 2.94. The topological polar surface area (TPSA) is 84.9 Å². The van der Waals surface area contributed by atoms with Gasteiger partial charge in [-0.3, -0.25) is 9.59 Å². The molecule has 7 nitrogen and oxygen atoms in total. The second-order valence-electron chi connectivity index (χ2n) is 10.1. The molecule has 0 aromatic heterocycles. The Morgan fingerprint density at radius 2 is 1.63 bits per heavy atom. The first kappa shape index (κ1) is 26.0. The zero-order valence-electron chi connectivity index (χ0n) is 19.7. The molecular formula is C23H40N2O5. The zero-order valence-corrected chi connectivity index (χ0v) is 19.7. The van der Waals surface area contributed by atoms with E-state index in [9.17, 15) is 14.4 Å². The molecule has 0 radical (unpaired) electrons. The number of hydrogen-bond donors (Lipinski definition) is 1. The van der Waals surface area contributed by atoms with Crippen molar-refractivity contribution in [1.82, 2.24) is 10.2 Å². The second-order valence-corrected chi connectivity index (χ2v) is 10.1. The molecule has 1 aliphatic rings. The van der Waals surface area contributed by atoms with E-state index in [4.69, 9.17) is 9.47 Å². The van der Waals surface area contributed by atoms with E-state index in [2.05, 4.69) is 11.9 Å². The molecule has 0 heterocycles. The van der Waals surface area contributed by atoms with Crippen LogP contribution >= 0.6 is 0 Å². The number of likely N-dealkylation sites (N-methyl/N-ethyl adjacent to an activating group) is 1. The molecule has 1 aliphatic carbocycles. The van der Waals surface area contributed by atoms with Gasteiger partial charge in [-0.05, 0) is 60.8 Å². The molecule has 0 unspecified atom stereocenters. The smallest absolute Gasteiger partial charge is 0.407 e. The van der Waals surface area contributed by atoms with Crippen molar-refractivity contribution >= 4 is 18.0 Å². The maximum Gasteiger partial charge on any atom is 0.407 e. The van der Waals surface area contributed by atoms with E-state index in [0.717, 1.165) is 25.7 Å². The summed E-state index contributed by atoms with van der Waals surface area (Å²) in [6, 6.07) is -0.335. The van der Waals surface area contributed by atoms with Crippen LogP contribution in [0.3, 0.4) is 0 Å². The van der Waals surface area contributed by atoms with Crippen LogP contribution in [0.1, 0.15) is 80.1 Å². The van der Waals surface area contributed by atoms with Gasteiger partial charge in [-0.25, -0.2) is 4.79 Å². The van der Waals surface area contributed by atoms with E-state index in [1.165, 1.54) is 0 Å². The van der Waals surface area contributed by atoms with Gasteiger partial charge in [0.1, 0.15) is 11.2 Å². The number of hydrogen-bond acceptors (Lipinski definition) is 5. The predicted molar refractivity (Wildman–Crippen MR) is 117 cm³/mol. The van der Waals surface area contributed by atoms with Gasteiger partial charge in [0.2, 0.25) is 5.91 Å². The number of esters is 1. The molecule has 0 aliphatic heterocycles. The first-order valence-corrected chi connectivity index (χ1v) is 10.8. The third-order valence-electron chi connectivity index (χ3n) is 4.91. The highest BCUT2D eigenvalue weighted by atomic mass is 16.6. The number of nitrogens with one attached hydrogen (secondary N) is 1. The molecule has 1 saturated carbocycles. The molecule has 0 aromatic rings. The van der Waals surface area contributed by atoms with Gasteiger partial charge in [-0.2, -0.15) is 0 Å².